The molecule has 0 aliphatic carbocycles. The first-order valence-corrected chi connectivity index (χ1v) is 8.23. The van der Waals surface area contributed by atoms with Crippen LogP contribution in [0.25, 0.3) is 0 Å². The van der Waals surface area contributed by atoms with E-state index in [0.717, 1.165) is 11.1 Å². The number of benzene rings is 2. The summed E-state index contributed by atoms with van der Waals surface area (Å²) < 4.78 is 0. The fourth-order valence-electron chi connectivity index (χ4n) is 2.19. The van der Waals surface area contributed by atoms with Crippen LogP contribution in [0.5, 0.6) is 0 Å². The van der Waals surface area contributed by atoms with Crippen LogP contribution in [0.1, 0.15) is 36.5 Å². The van der Waals surface area contributed by atoms with Crippen molar-refractivity contribution in [1.29, 1.82) is 0 Å². The van der Waals surface area contributed by atoms with Crippen LogP contribution in [0.2, 0.25) is 5.02 Å². The Morgan fingerprint density at radius 2 is 1.50 bits per heavy atom. The third-order valence-corrected chi connectivity index (χ3v) is 3.88. The summed E-state index contributed by atoms with van der Waals surface area (Å²) in [4.78, 5) is 23.6. The van der Waals surface area contributed by atoms with Crippen molar-refractivity contribution >= 4 is 23.4 Å². The van der Waals surface area contributed by atoms with Crippen LogP contribution in [-0.4, -0.2) is 11.8 Å². The molecule has 0 unspecified atom stereocenters. The molecule has 0 aliphatic heterocycles. The summed E-state index contributed by atoms with van der Waals surface area (Å²) in [6.07, 6.45) is 0. The van der Waals surface area contributed by atoms with Crippen LogP contribution in [0.4, 0.5) is 0 Å². The third kappa shape index (κ3) is 5.39. The number of rotatable bonds is 5. The molecule has 4 nitrogen and oxygen atoms in total. The van der Waals surface area contributed by atoms with Crippen LogP contribution in [0.3, 0.4) is 0 Å². The lowest BCUT2D eigenvalue weighted by Gasteiger charge is -2.09. The molecule has 0 saturated carbocycles. The van der Waals surface area contributed by atoms with Gasteiger partial charge in [0.15, 0.2) is 0 Å². The van der Waals surface area contributed by atoms with Crippen molar-refractivity contribution in [3.63, 3.8) is 0 Å². The predicted molar refractivity (Wildman–Crippen MR) is 95.7 cm³/mol. The Balaban J connectivity index is 1.80. The van der Waals surface area contributed by atoms with Crippen molar-refractivity contribution in [1.82, 2.24) is 10.6 Å². The zero-order chi connectivity index (χ0) is 17.5. The van der Waals surface area contributed by atoms with E-state index in [9.17, 15) is 9.59 Å². The number of carbonyl (C=O) groups excluding carboxylic acids is 2. The molecule has 0 bridgehead atoms. The Morgan fingerprint density at radius 3 is 2.04 bits per heavy atom. The minimum absolute atomic E-state index is 0.260. The van der Waals surface area contributed by atoms with Crippen LogP contribution in [0.15, 0.2) is 48.5 Å². The molecule has 2 aromatic carbocycles. The summed E-state index contributed by atoms with van der Waals surface area (Å²) in [5.74, 6) is -0.843. The third-order valence-electron chi connectivity index (χ3n) is 3.65. The standard InChI is InChI=1S/C19H21ClN2O2/c1-13(2)16-8-6-14(7-9-16)11-21-18(23)19(24)22-12-15-4-3-5-17(20)10-15/h3-10,13H,11-12H2,1-2H3,(H,21,23)(H,22,24). The summed E-state index contributed by atoms with van der Waals surface area (Å²) in [6, 6.07) is 15.1. The Bertz CT molecular complexity index is 712. The van der Waals surface area contributed by atoms with Gasteiger partial charge in [-0.2, -0.15) is 0 Å². The SMILES string of the molecule is CC(C)c1ccc(CNC(=O)C(=O)NCc2cccc(Cl)c2)cc1. The first-order chi connectivity index (χ1) is 11.5. The van der Waals surface area contributed by atoms with Crippen LogP contribution in [-0.2, 0) is 22.7 Å². The van der Waals surface area contributed by atoms with E-state index in [1.165, 1.54) is 5.56 Å². The minimum atomic E-state index is -0.659. The van der Waals surface area contributed by atoms with Gasteiger partial charge in [-0.25, -0.2) is 0 Å². The Kier molecular flexibility index (Phi) is 6.38. The zero-order valence-corrected chi connectivity index (χ0v) is 14.6. The lowest BCUT2D eigenvalue weighted by Crippen LogP contribution is -2.39. The molecule has 0 heterocycles. The molecule has 0 atom stereocenters. The van der Waals surface area contributed by atoms with Crippen molar-refractivity contribution in [3.8, 4) is 0 Å². The van der Waals surface area contributed by atoms with Gasteiger partial charge in [-0.05, 0) is 34.7 Å². The number of amides is 2. The van der Waals surface area contributed by atoms with Crippen LogP contribution >= 0.6 is 11.6 Å². The molecule has 0 spiro atoms. The number of nitrogens with one attached hydrogen (secondary N) is 2. The average molecular weight is 345 g/mol. The molecule has 2 aromatic rings. The summed E-state index contributed by atoms with van der Waals surface area (Å²) in [7, 11) is 0. The van der Waals surface area contributed by atoms with Crippen molar-refractivity contribution in [2.75, 3.05) is 0 Å². The van der Waals surface area contributed by atoms with Crippen LogP contribution in [0, 0.1) is 0 Å². The maximum absolute atomic E-state index is 11.8. The highest BCUT2D eigenvalue weighted by atomic mass is 35.5. The van der Waals surface area contributed by atoms with E-state index in [0.29, 0.717) is 17.5 Å². The maximum Gasteiger partial charge on any atom is 0.309 e. The molecule has 0 radical (unpaired) electrons. The molecule has 2 rings (SSSR count). The van der Waals surface area contributed by atoms with Gasteiger partial charge in [0.2, 0.25) is 0 Å². The van der Waals surface area contributed by atoms with Crippen molar-refractivity contribution < 1.29 is 9.59 Å². The van der Waals surface area contributed by atoms with E-state index in [-0.39, 0.29) is 6.54 Å². The normalized spacial score (nSPS) is 10.5. The maximum atomic E-state index is 11.8. The number of hydrogen-bond donors (Lipinski definition) is 2. The predicted octanol–water partition coefficient (Wildman–Crippen LogP) is 3.40. The fraction of sp³-hybridized carbons (Fsp3) is 0.263. The zero-order valence-electron chi connectivity index (χ0n) is 13.8. The fourth-order valence-corrected chi connectivity index (χ4v) is 2.41. The molecule has 0 aromatic heterocycles. The average Bonchev–Trinajstić information content (AvgIpc) is 2.58. The lowest BCUT2D eigenvalue weighted by molar-refractivity contribution is -0.139. The molecule has 0 fully saturated rings. The van der Waals surface area contributed by atoms with E-state index >= 15 is 0 Å². The highest BCUT2D eigenvalue weighted by molar-refractivity contribution is 6.35. The molecule has 5 heteroatoms. The summed E-state index contributed by atoms with van der Waals surface area (Å²) in [6.45, 7) is 4.83. The molecular formula is C19H21ClN2O2. The molecular weight excluding hydrogens is 324 g/mol. The van der Waals surface area contributed by atoms with Crippen LogP contribution < -0.4 is 10.6 Å². The largest absolute Gasteiger partial charge is 0.344 e. The summed E-state index contributed by atoms with van der Waals surface area (Å²) in [5, 5.41) is 5.79. The van der Waals surface area contributed by atoms with Crippen molar-refractivity contribution in [3.05, 3.63) is 70.2 Å². The lowest BCUT2D eigenvalue weighted by atomic mass is 10.0. The van der Waals surface area contributed by atoms with Gasteiger partial charge >= 0.3 is 11.8 Å². The molecule has 0 saturated heterocycles. The van der Waals surface area contributed by atoms with Gasteiger partial charge < -0.3 is 10.6 Å². The second-order valence-corrected chi connectivity index (χ2v) is 6.33. The van der Waals surface area contributed by atoms with Gasteiger partial charge in [-0.15, -0.1) is 0 Å². The topological polar surface area (TPSA) is 58.2 Å². The van der Waals surface area contributed by atoms with Gasteiger partial charge in [-0.3, -0.25) is 9.59 Å². The van der Waals surface area contributed by atoms with Gasteiger partial charge in [0.25, 0.3) is 0 Å². The van der Waals surface area contributed by atoms with E-state index in [4.69, 9.17) is 11.6 Å². The first-order valence-electron chi connectivity index (χ1n) is 7.85. The van der Waals surface area contributed by atoms with E-state index in [2.05, 4.69) is 24.5 Å². The van der Waals surface area contributed by atoms with Crippen molar-refractivity contribution in [2.24, 2.45) is 0 Å². The Labute approximate surface area is 147 Å². The molecule has 24 heavy (non-hydrogen) atoms. The summed E-state index contributed by atoms with van der Waals surface area (Å²) >= 11 is 5.88. The van der Waals surface area contributed by atoms with Gasteiger partial charge in [0.1, 0.15) is 0 Å². The van der Waals surface area contributed by atoms with Crippen molar-refractivity contribution in [2.45, 2.75) is 32.9 Å². The van der Waals surface area contributed by atoms with Gasteiger partial charge in [0, 0.05) is 18.1 Å². The Morgan fingerprint density at radius 1 is 0.917 bits per heavy atom. The molecule has 126 valence electrons. The molecule has 2 N–H and O–H groups in total. The quantitative estimate of drug-likeness (QED) is 0.817. The van der Waals surface area contributed by atoms with Gasteiger partial charge in [0.05, 0.1) is 0 Å². The number of carbonyl (C=O) groups is 2. The van der Waals surface area contributed by atoms with E-state index in [1.54, 1.807) is 18.2 Å². The van der Waals surface area contributed by atoms with E-state index < -0.39 is 11.8 Å². The minimum Gasteiger partial charge on any atom is -0.344 e. The van der Waals surface area contributed by atoms with Gasteiger partial charge in [-0.1, -0.05) is 61.8 Å². The summed E-state index contributed by atoms with van der Waals surface area (Å²) in [5.41, 5.74) is 3.03. The Hall–Kier alpha value is -2.33. The highest BCUT2D eigenvalue weighted by Crippen LogP contribution is 2.14. The number of halogens is 1. The monoisotopic (exact) mass is 344 g/mol. The second kappa shape index (κ2) is 8.50. The molecule has 2 amide bonds. The van der Waals surface area contributed by atoms with E-state index in [1.807, 2.05) is 30.3 Å². The molecule has 0 aliphatic rings. The first kappa shape index (κ1) is 18.0. The number of hydrogen-bond acceptors (Lipinski definition) is 2. The highest BCUT2D eigenvalue weighted by Gasteiger charge is 2.12. The smallest absolute Gasteiger partial charge is 0.309 e. The second-order valence-electron chi connectivity index (χ2n) is 5.89.